The number of carbonyl (C=O) groups excluding carboxylic acids is 2. The van der Waals surface area contributed by atoms with Crippen molar-refractivity contribution in [2.75, 3.05) is 19.6 Å². The van der Waals surface area contributed by atoms with E-state index >= 15 is 0 Å². The molecule has 1 saturated carbocycles. The molecule has 4 heterocycles. The van der Waals surface area contributed by atoms with Gasteiger partial charge in [-0.15, -0.1) is 0 Å². The number of aromatic nitrogens is 3. The summed E-state index contributed by atoms with van der Waals surface area (Å²) >= 11 is 6.03. The molecular weight excluding hydrogens is 485 g/mol. The molecule has 36 heavy (non-hydrogen) atoms. The van der Waals surface area contributed by atoms with E-state index in [4.69, 9.17) is 16.7 Å². The van der Waals surface area contributed by atoms with Crippen LogP contribution in [-0.2, 0) is 10.5 Å². The highest BCUT2D eigenvalue weighted by Gasteiger charge is 2.57. The summed E-state index contributed by atoms with van der Waals surface area (Å²) in [5, 5.41) is 14.5. The quantitative estimate of drug-likeness (QED) is 0.547. The second-order valence-electron chi connectivity index (χ2n) is 10.6. The summed E-state index contributed by atoms with van der Waals surface area (Å²) in [6, 6.07) is 6.48. The van der Waals surface area contributed by atoms with Crippen molar-refractivity contribution < 1.29 is 23.7 Å². The fourth-order valence-electron chi connectivity index (χ4n) is 5.88. The van der Waals surface area contributed by atoms with Crippen molar-refractivity contribution in [1.29, 1.82) is 0 Å². The predicted molar refractivity (Wildman–Crippen MR) is 130 cm³/mol. The number of aliphatic hydroxyl groups excluding tert-OH is 1. The average molecular weight is 513 g/mol. The summed E-state index contributed by atoms with van der Waals surface area (Å²) in [5.41, 5.74) is 2.84. The van der Waals surface area contributed by atoms with Crippen LogP contribution < -0.4 is 4.57 Å². The maximum atomic E-state index is 13.8. The minimum atomic E-state index is -0.760. The highest BCUT2D eigenvalue weighted by molar-refractivity contribution is 6.31. The number of amides is 2. The normalized spacial score (nSPS) is 25.4. The molecule has 2 aliphatic heterocycles. The molecule has 0 radical (unpaired) electrons. The zero-order valence-electron chi connectivity index (χ0n) is 20.4. The van der Waals surface area contributed by atoms with E-state index < -0.39 is 17.6 Å². The molecule has 0 bridgehead atoms. The van der Waals surface area contributed by atoms with E-state index in [1.54, 1.807) is 22.8 Å². The first-order chi connectivity index (χ1) is 17.1. The minimum absolute atomic E-state index is 0.0224. The van der Waals surface area contributed by atoms with Crippen LogP contribution >= 0.6 is 11.6 Å². The molecule has 1 aromatic carbocycles. The molecule has 188 valence electrons. The highest BCUT2D eigenvalue weighted by atomic mass is 35.5. The molecule has 6 rings (SSSR count). The summed E-state index contributed by atoms with van der Waals surface area (Å²) in [7, 11) is 0. The van der Waals surface area contributed by atoms with Crippen molar-refractivity contribution in [2.45, 2.75) is 51.3 Å². The molecule has 8 nitrogen and oxygen atoms in total. The second-order valence-corrected chi connectivity index (χ2v) is 11.0. The van der Waals surface area contributed by atoms with Gasteiger partial charge >= 0.3 is 11.6 Å². The monoisotopic (exact) mass is 512 g/mol. The molecule has 0 spiro atoms. The fraction of sp³-hybridized carbons (Fsp3) is 0.462. The summed E-state index contributed by atoms with van der Waals surface area (Å²) in [5.74, 6) is -0.589. The Labute approximate surface area is 212 Å². The van der Waals surface area contributed by atoms with Crippen LogP contribution in [0.25, 0.3) is 16.9 Å². The third-order valence-corrected chi connectivity index (χ3v) is 8.19. The maximum Gasteiger partial charge on any atom is 0.313 e. The van der Waals surface area contributed by atoms with Gasteiger partial charge in [0.1, 0.15) is 11.5 Å². The molecule has 1 N–H and O–H groups in total. The highest BCUT2D eigenvalue weighted by Crippen LogP contribution is 2.36. The van der Waals surface area contributed by atoms with Crippen LogP contribution in [0.5, 0.6) is 0 Å². The van der Waals surface area contributed by atoms with E-state index in [0.717, 1.165) is 11.2 Å². The molecule has 1 aliphatic carbocycles. The first-order valence-corrected chi connectivity index (χ1v) is 12.7. The topological polar surface area (TPSA) is 82.0 Å². The lowest BCUT2D eigenvalue weighted by Gasteiger charge is -2.44. The van der Waals surface area contributed by atoms with E-state index in [2.05, 4.69) is 13.8 Å². The Morgan fingerprint density at radius 1 is 1.28 bits per heavy atom. The van der Waals surface area contributed by atoms with E-state index in [0.29, 0.717) is 49.4 Å². The van der Waals surface area contributed by atoms with Crippen molar-refractivity contribution in [3.05, 3.63) is 52.6 Å². The number of imidazole rings is 1. The SMILES string of the molecule is CC(C)c1cc(-c2ccc(F)c(Cl)c2)nn2cc3[n+](c12)C1(C)CN(C(=O)C2CC(O)C2)CCN1C3=O. The number of nitrogens with zero attached hydrogens (tertiary/aromatic N) is 5. The lowest BCUT2D eigenvalue weighted by atomic mass is 9.81. The standard InChI is InChI=1S/C26H28ClFN5O3/c1-14(2)18-11-21(15-4-5-20(28)19(27)10-15)29-32-12-22-25(36)31-7-6-30(24(35)16-8-17(34)9-16)13-26(31,3)33(22)23(18)32/h4-5,10-12,14,16-17,34H,6-9,13H2,1-3H3/q+1. The van der Waals surface area contributed by atoms with Crippen LogP contribution in [0.2, 0.25) is 5.02 Å². The van der Waals surface area contributed by atoms with Crippen LogP contribution in [0.4, 0.5) is 4.39 Å². The van der Waals surface area contributed by atoms with E-state index in [-0.39, 0.29) is 28.7 Å². The number of piperazine rings is 1. The summed E-state index contributed by atoms with van der Waals surface area (Å²) in [4.78, 5) is 30.3. The lowest BCUT2D eigenvalue weighted by Crippen LogP contribution is -2.69. The van der Waals surface area contributed by atoms with Gasteiger partial charge in [0.15, 0.2) is 6.20 Å². The van der Waals surface area contributed by atoms with Gasteiger partial charge in [-0.05, 0) is 43.0 Å². The Kier molecular flexibility index (Phi) is 5.18. The van der Waals surface area contributed by atoms with Gasteiger partial charge in [0.05, 0.1) is 17.7 Å². The largest absolute Gasteiger partial charge is 0.393 e. The Hall–Kier alpha value is -3.04. The average Bonchev–Trinajstić information content (AvgIpc) is 3.31. The molecular formula is C26H28ClFN5O3+. The zero-order chi connectivity index (χ0) is 25.5. The number of benzene rings is 1. The van der Waals surface area contributed by atoms with Crippen LogP contribution in [0.1, 0.15) is 55.6 Å². The number of aliphatic hydroxyl groups is 1. The molecule has 1 unspecified atom stereocenters. The van der Waals surface area contributed by atoms with Gasteiger partial charge in [0.25, 0.3) is 0 Å². The summed E-state index contributed by atoms with van der Waals surface area (Å²) < 4.78 is 17.5. The number of hydrogen-bond donors (Lipinski definition) is 1. The van der Waals surface area contributed by atoms with Gasteiger partial charge in [-0.2, -0.15) is 4.57 Å². The third kappa shape index (κ3) is 3.29. The molecule has 2 amide bonds. The van der Waals surface area contributed by atoms with Gasteiger partial charge in [-0.25, -0.2) is 4.39 Å². The number of halogens is 2. The second kappa shape index (κ2) is 7.98. The smallest absolute Gasteiger partial charge is 0.313 e. The van der Waals surface area contributed by atoms with Gasteiger partial charge in [-0.3, -0.25) is 14.5 Å². The molecule has 3 aromatic rings. The number of rotatable bonds is 3. The molecule has 10 heteroatoms. The zero-order valence-corrected chi connectivity index (χ0v) is 21.2. The lowest BCUT2D eigenvalue weighted by molar-refractivity contribution is -0.749. The van der Waals surface area contributed by atoms with Gasteiger partial charge in [0.2, 0.25) is 17.3 Å². The first-order valence-electron chi connectivity index (χ1n) is 12.3. The molecule has 2 fully saturated rings. The van der Waals surface area contributed by atoms with Crippen molar-refractivity contribution >= 4 is 29.1 Å². The van der Waals surface area contributed by atoms with Crippen molar-refractivity contribution in [1.82, 2.24) is 19.4 Å². The Morgan fingerprint density at radius 3 is 2.69 bits per heavy atom. The van der Waals surface area contributed by atoms with Crippen LogP contribution in [0.3, 0.4) is 0 Å². The molecule has 3 aliphatic rings. The Morgan fingerprint density at radius 2 is 2.03 bits per heavy atom. The molecule has 1 atom stereocenters. The van der Waals surface area contributed by atoms with Crippen molar-refractivity contribution in [2.24, 2.45) is 5.92 Å². The van der Waals surface area contributed by atoms with Gasteiger partial charge < -0.3 is 10.0 Å². The van der Waals surface area contributed by atoms with Crippen molar-refractivity contribution in [3.63, 3.8) is 0 Å². The number of fused-ring (bicyclic) bond motifs is 5. The maximum absolute atomic E-state index is 13.8. The Bertz CT molecular complexity index is 1430. The minimum Gasteiger partial charge on any atom is -0.393 e. The number of hydrogen-bond acceptors (Lipinski definition) is 4. The van der Waals surface area contributed by atoms with E-state index in [9.17, 15) is 19.1 Å². The predicted octanol–water partition coefficient (Wildman–Crippen LogP) is 2.95. The fourth-order valence-corrected chi connectivity index (χ4v) is 6.06. The van der Waals surface area contributed by atoms with Gasteiger partial charge in [-0.1, -0.05) is 35.1 Å². The molecule has 2 aromatic heterocycles. The number of carbonyl (C=O) groups is 2. The van der Waals surface area contributed by atoms with E-state index in [1.165, 1.54) is 6.07 Å². The summed E-state index contributed by atoms with van der Waals surface area (Å²) in [6.07, 6.45) is 2.35. The van der Waals surface area contributed by atoms with Crippen molar-refractivity contribution in [3.8, 4) is 11.3 Å². The summed E-state index contributed by atoms with van der Waals surface area (Å²) in [6.45, 7) is 7.44. The van der Waals surface area contributed by atoms with E-state index in [1.807, 2.05) is 27.4 Å². The Balaban J connectivity index is 1.47. The third-order valence-electron chi connectivity index (χ3n) is 7.90. The van der Waals surface area contributed by atoms with Gasteiger partial charge in [0, 0.05) is 37.1 Å². The van der Waals surface area contributed by atoms with Crippen LogP contribution in [-0.4, -0.2) is 62.1 Å². The first kappa shape index (κ1) is 23.4. The van der Waals surface area contributed by atoms with Crippen LogP contribution in [0, 0.1) is 11.7 Å². The molecule has 1 saturated heterocycles. The van der Waals surface area contributed by atoms with Crippen LogP contribution in [0.15, 0.2) is 30.5 Å².